The zero-order chi connectivity index (χ0) is 25.1. The quantitative estimate of drug-likeness (QED) is 0.346. The third-order valence-corrected chi connectivity index (χ3v) is 4.69. The maximum absolute atomic E-state index is 12.0. The highest BCUT2D eigenvalue weighted by molar-refractivity contribution is 5.92. The van der Waals surface area contributed by atoms with Gasteiger partial charge in [0.1, 0.15) is 0 Å². The summed E-state index contributed by atoms with van der Waals surface area (Å²) in [6, 6.07) is 5.33. The Morgan fingerprint density at radius 3 is 2.30 bits per heavy atom. The van der Waals surface area contributed by atoms with Crippen molar-refractivity contribution >= 4 is 18.0 Å². The number of nitrogens with one attached hydrogen (secondary N) is 1. The molecule has 0 atom stereocenters. The number of methoxy groups -OCH3 is 1. The average molecular weight is 469 g/mol. The molecule has 2 rings (SSSR count). The summed E-state index contributed by atoms with van der Waals surface area (Å²) < 4.78 is 10.4. The molecular weight excluding hydrogens is 428 g/mol. The fourth-order valence-electron chi connectivity index (χ4n) is 2.96. The summed E-state index contributed by atoms with van der Waals surface area (Å²) in [7, 11) is 1.48. The third kappa shape index (κ3) is 15.0. The second-order valence-electron chi connectivity index (χ2n) is 7.57. The van der Waals surface area contributed by atoms with Gasteiger partial charge in [0.05, 0.1) is 7.11 Å². The van der Waals surface area contributed by atoms with Gasteiger partial charge in [0.25, 0.3) is 0 Å². The van der Waals surface area contributed by atoms with E-state index in [4.69, 9.17) is 30.5 Å². The summed E-state index contributed by atoms with van der Waals surface area (Å²) in [4.78, 5) is 22.6. The first-order valence-corrected chi connectivity index (χ1v) is 11.2. The highest BCUT2D eigenvalue weighted by atomic mass is 16.5. The molecule has 0 bridgehead atoms. The van der Waals surface area contributed by atoms with Crippen LogP contribution in [0.5, 0.6) is 11.5 Å². The first kappa shape index (κ1) is 30.4. The van der Waals surface area contributed by atoms with E-state index in [9.17, 15) is 9.59 Å². The number of aliphatic hydroxyl groups is 2. The van der Waals surface area contributed by atoms with Crippen LogP contribution in [-0.4, -0.2) is 66.7 Å². The SMILES string of the molecule is CCO.COc1cc(C=CC(=O)N[C@H]2CC[C@H](C)CC2)ccc1OCC(=O)O.NCCCO. The zero-order valence-corrected chi connectivity index (χ0v) is 20.0. The second kappa shape index (κ2) is 18.9. The summed E-state index contributed by atoms with van der Waals surface area (Å²) in [5.74, 6) is 0.357. The third-order valence-electron chi connectivity index (χ3n) is 4.69. The number of carboxylic acids is 1. The molecule has 1 saturated carbocycles. The number of carboxylic acid groups (broad SMARTS) is 1. The molecule has 0 unspecified atom stereocenters. The second-order valence-corrected chi connectivity index (χ2v) is 7.57. The molecule has 0 heterocycles. The number of hydrogen-bond acceptors (Lipinski definition) is 7. The van der Waals surface area contributed by atoms with Gasteiger partial charge in [0.15, 0.2) is 18.1 Å². The van der Waals surface area contributed by atoms with E-state index in [1.54, 1.807) is 31.2 Å². The van der Waals surface area contributed by atoms with Crippen LogP contribution in [0, 0.1) is 5.92 Å². The Balaban J connectivity index is 0.00000111. The summed E-state index contributed by atoms with van der Waals surface area (Å²) in [6.07, 6.45) is 8.30. The van der Waals surface area contributed by atoms with Crippen molar-refractivity contribution in [3.8, 4) is 11.5 Å². The molecule has 0 saturated heterocycles. The van der Waals surface area contributed by atoms with Gasteiger partial charge in [0, 0.05) is 25.3 Å². The van der Waals surface area contributed by atoms with Gasteiger partial charge in [-0.15, -0.1) is 0 Å². The van der Waals surface area contributed by atoms with Gasteiger partial charge in [-0.25, -0.2) is 4.79 Å². The number of nitrogens with two attached hydrogens (primary N) is 1. The van der Waals surface area contributed by atoms with Crippen LogP contribution < -0.4 is 20.5 Å². The molecular formula is C24H40N2O7. The average Bonchev–Trinajstić information content (AvgIpc) is 2.79. The van der Waals surface area contributed by atoms with Crippen LogP contribution in [0.15, 0.2) is 24.3 Å². The summed E-state index contributed by atoms with van der Waals surface area (Å²) in [5.41, 5.74) is 5.75. The summed E-state index contributed by atoms with van der Waals surface area (Å²) >= 11 is 0. The lowest BCUT2D eigenvalue weighted by Gasteiger charge is -2.26. The molecule has 1 aromatic carbocycles. The standard InChI is InChI=1S/C19H25NO5.C3H9NO.C2H6O/c1-13-3-7-15(8-4-13)20-18(21)10-6-14-5-9-16(17(11-14)24-2)25-12-19(22)23;4-2-1-3-5;1-2-3/h5-6,9-11,13,15H,3-4,7-8,12H2,1-2H3,(H,20,21)(H,22,23);5H,1-4H2;3H,2H2,1H3/t13-,15-;;. The molecule has 188 valence electrons. The predicted molar refractivity (Wildman–Crippen MR) is 128 cm³/mol. The van der Waals surface area contributed by atoms with E-state index in [1.807, 2.05) is 0 Å². The Kier molecular flexibility index (Phi) is 17.4. The number of aliphatic hydroxyl groups excluding tert-OH is 2. The lowest BCUT2D eigenvalue weighted by Crippen LogP contribution is -2.36. The van der Waals surface area contributed by atoms with Crippen LogP contribution >= 0.6 is 0 Å². The summed E-state index contributed by atoms with van der Waals surface area (Å²) in [6.45, 7) is 4.55. The normalized spacial score (nSPS) is 17.2. The molecule has 1 aliphatic carbocycles. The maximum atomic E-state index is 12.0. The topological polar surface area (TPSA) is 151 Å². The molecule has 0 aromatic heterocycles. The molecule has 1 aromatic rings. The van der Waals surface area contributed by atoms with Crippen molar-refractivity contribution < 1.29 is 34.4 Å². The van der Waals surface area contributed by atoms with Crippen LogP contribution in [0.4, 0.5) is 0 Å². The van der Waals surface area contributed by atoms with E-state index in [0.717, 1.165) is 43.6 Å². The van der Waals surface area contributed by atoms with Crippen molar-refractivity contribution in [1.82, 2.24) is 5.32 Å². The van der Waals surface area contributed by atoms with Crippen molar-refractivity contribution in [1.29, 1.82) is 0 Å². The number of ether oxygens (including phenoxy) is 2. The minimum atomic E-state index is -1.06. The molecule has 0 radical (unpaired) electrons. The number of amides is 1. The van der Waals surface area contributed by atoms with Crippen LogP contribution in [0.25, 0.3) is 6.08 Å². The monoisotopic (exact) mass is 468 g/mol. The number of benzene rings is 1. The first-order chi connectivity index (χ1) is 15.8. The van der Waals surface area contributed by atoms with Crippen molar-refractivity contribution in [2.24, 2.45) is 11.7 Å². The lowest BCUT2D eigenvalue weighted by molar-refractivity contribution is -0.139. The van der Waals surface area contributed by atoms with Crippen molar-refractivity contribution in [2.75, 3.05) is 33.5 Å². The number of carbonyl (C=O) groups is 2. The molecule has 1 fully saturated rings. The smallest absolute Gasteiger partial charge is 0.341 e. The minimum Gasteiger partial charge on any atom is -0.493 e. The van der Waals surface area contributed by atoms with Crippen LogP contribution in [0.3, 0.4) is 0 Å². The van der Waals surface area contributed by atoms with E-state index in [1.165, 1.54) is 13.2 Å². The van der Waals surface area contributed by atoms with E-state index >= 15 is 0 Å². The number of rotatable bonds is 9. The molecule has 0 spiro atoms. The van der Waals surface area contributed by atoms with Gasteiger partial charge in [-0.1, -0.05) is 13.0 Å². The Morgan fingerprint density at radius 2 is 1.82 bits per heavy atom. The van der Waals surface area contributed by atoms with Crippen molar-refractivity contribution in [2.45, 2.75) is 52.0 Å². The Hall–Kier alpha value is -2.62. The van der Waals surface area contributed by atoms with Crippen molar-refractivity contribution in [3.63, 3.8) is 0 Å². The van der Waals surface area contributed by atoms with Gasteiger partial charge < -0.3 is 35.8 Å². The lowest BCUT2D eigenvalue weighted by atomic mass is 9.87. The molecule has 6 N–H and O–H groups in total. The molecule has 33 heavy (non-hydrogen) atoms. The van der Waals surface area contributed by atoms with Gasteiger partial charge in [-0.2, -0.15) is 0 Å². The summed E-state index contributed by atoms with van der Waals surface area (Å²) in [5, 5.41) is 27.3. The van der Waals surface area contributed by atoms with Crippen LogP contribution in [0.1, 0.15) is 51.5 Å². The van der Waals surface area contributed by atoms with Gasteiger partial charge in [0.2, 0.25) is 5.91 Å². The fraction of sp³-hybridized carbons (Fsp3) is 0.583. The highest BCUT2D eigenvalue weighted by Crippen LogP contribution is 2.28. The first-order valence-electron chi connectivity index (χ1n) is 11.2. The Labute approximate surface area is 196 Å². The van der Waals surface area contributed by atoms with Crippen LogP contribution in [0.2, 0.25) is 0 Å². The van der Waals surface area contributed by atoms with Crippen LogP contribution in [-0.2, 0) is 9.59 Å². The van der Waals surface area contributed by atoms with Gasteiger partial charge >= 0.3 is 5.97 Å². The molecule has 9 nitrogen and oxygen atoms in total. The van der Waals surface area contributed by atoms with E-state index in [2.05, 4.69) is 12.2 Å². The van der Waals surface area contributed by atoms with Gasteiger partial charge in [-0.3, -0.25) is 4.79 Å². The van der Waals surface area contributed by atoms with E-state index < -0.39 is 12.6 Å². The Morgan fingerprint density at radius 1 is 1.18 bits per heavy atom. The largest absolute Gasteiger partial charge is 0.493 e. The number of carbonyl (C=O) groups excluding carboxylic acids is 1. The zero-order valence-electron chi connectivity index (χ0n) is 20.0. The number of hydrogen-bond donors (Lipinski definition) is 5. The molecule has 1 amide bonds. The Bertz CT molecular complexity index is 700. The predicted octanol–water partition coefficient (Wildman–Crippen LogP) is 2.19. The fourth-order valence-corrected chi connectivity index (χ4v) is 2.96. The molecule has 0 aliphatic heterocycles. The van der Waals surface area contributed by atoms with Gasteiger partial charge in [-0.05, 0) is 75.3 Å². The highest BCUT2D eigenvalue weighted by Gasteiger charge is 2.18. The van der Waals surface area contributed by atoms with Crippen molar-refractivity contribution in [3.05, 3.63) is 29.8 Å². The maximum Gasteiger partial charge on any atom is 0.341 e. The number of aliphatic carboxylic acids is 1. The van der Waals surface area contributed by atoms with E-state index in [0.29, 0.717) is 18.0 Å². The molecule has 9 heteroatoms. The van der Waals surface area contributed by atoms with E-state index in [-0.39, 0.29) is 25.2 Å². The molecule has 1 aliphatic rings. The minimum absolute atomic E-state index is 0.107.